The van der Waals surface area contributed by atoms with Gasteiger partial charge in [0.25, 0.3) is 0 Å². The van der Waals surface area contributed by atoms with Crippen molar-refractivity contribution in [2.45, 2.75) is 31.9 Å². The largest absolute Gasteiger partial charge is 0.490 e. The predicted molar refractivity (Wildman–Crippen MR) is 111 cm³/mol. The average Bonchev–Trinajstić information content (AvgIpc) is 3.10. The van der Waals surface area contributed by atoms with Crippen LogP contribution < -0.4 is 9.64 Å². The highest BCUT2D eigenvalue weighted by atomic mass is 16.5. The van der Waals surface area contributed by atoms with Crippen LogP contribution in [0.25, 0.3) is 10.9 Å². The van der Waals surface area contributed by atoms with Crippen LogP contribution in [0.5, 0.6) is 5.75 Å². The molecule has 6 nitrogen and oxygen atoms in total. The lowest BCUT2D eigenvalue weighted by atomic mass is 10.0. The van der Waals surface area contributed by atoms with Gasteiger partial charge in [0.2, 0.25) is 0 Å². The second-order valence-corrected chi connectivity index (χ2v) is 8.03. The Kier molecular flexibility index (Phi) is 4.43. The first kappa shape index (κ1) is 17.5. The maximum atomic E-state index is 6.41. The van der Waals surface area contributed by atoms with E-state index in [4.69, 9.17) is 4.74 Å². The lowest BCUT2D eigenvalue weighted by Gasteiger charge is -2.35. The molecule has 0 bridgehead atoms. The Labute approximate surface area is 165 Å². The van der Waals surface area contributed by atoms with Crippen molar-refractivity contribution in [1.29, 1.82) is 0 Å². The summed E-state index contributed by atoms with van der Waals surface area (Å²) in [6.07, 6.45) is 7.12. The summed E-state index contributed by atoms with van der Waals surface area (Å²) in [5.41, 5.74) is 3.74. The van der Waals surface area contributed by atoms with Crippen LogP contribution >= 0.6 is 0 Å². The first-order valence-electron chi connectivity index (χ1n) is 10.2. The number of anilines is 1. The molecule has 0 atom stereocenters. The topological polar surface area (TPSA) is 46.4 Å². The van der Waals surface area contributed by atoms with E-state index in [0.717, 1.165) is 57.0 Å². The van der Waals surface area contributed by atoms with Crippen molar-refractivity contribution in [3.8, 4) is 5.75 Å². The van der Waals surface area contributed by atoms with Crippen LogP contribution in [0.4, 0.5) is 5.82 Å². The molecule has 2 aliphatic rings. The van der Waals surface area contributed by atoms with Crippen LogP contribution in [0.15, 0.2) is 36.8 Å². The zero-order valence-corrected chi connectivity index (χ0v) is 16.6. The van der Waals surface area contributed by atoms with E-state index in [1.54, 1.807) is 6.33 Å². The van der Waals surface area contributed by atoms with Crippen LogP contribution in [0.1, 0.15) is 24.1 Å². The maximum absolute atomic E-state index is 6.41. The molecule has 0 aliphatic carbocycles. The number of piperidine rings is 1. The summed E-state index contributed by atoms with van der Waals surface area (Å²) >= 11 is 0. The number of likely N-dealkylation sites (N-methyl/N-ethyl adjacent to an activating group) is 1. The molecule has 1 saturated heterocycles. The predicted octanol–water partition coefficient (Wildman–Crippen LogP) is 3.00. The normalized spacial score (nSPS) is 18.4. The maximum Gasteiger partial charge on any atom is 0.136 e. The van der Waals surface area contributed by atoms with Gasteiger partial charge in [-0.3, -0.25) is 0 Å². The molecule has 1 fully saturated rings. The molecule has 0 saturated carbocycles. The molecular weight excluding hydrogens is 350 g/mol. The minimum Gasteiger partial charge on any atom is -0.490 e. The fourth-order valence-corrected chi connectivity index (χ4v) is 4.48. The van der Waals surface area contributed by atoms with E-state index >= 15 is 0 Å². The van der Waals surface area contributed by atoms with Crippen molar-refractivity contribution in [3.63, 3.8) is 0 Å². The molecule has 0 unspecified atom stereocenters. The number of rotatable bonds is 3. The van der Waals surface area contributed by atoms with E-state index < -0.39 is 0 Å². The first-order valence-corrected chi connectivity index (χ1v) is 10.2. The quantitative estimate of drug-likeness (QED) is 0.702. The molecule has 0 N–H and O–H groups in total. The molecule has 5 rings (SSSR count). The number of fused-ring (bicyclic) bond motifs is 2. The summed E-state index contributed by atoms with van der Waals surface area (Å²) in [4.78, 5) is 13.9. The van der Waals surface area contributed by atoms with Crippen molar-refractivity contribution >= 4 is 16.7 Å². The summed E-state index contributed by atoms with van der Waals surface area (Å²) in [7, 11) is 4.24. The number of benzene rings is 1. The van der Waals surface area contributed by atoms with Gasteiger partial charge >= 0.3 is 0 Å². The molecule has 4 heterocycles. The van der Waals surface area contributed by atoms with Crippen molar-refractivity contribution in [1.82, 2.24) is 19.4 Å². The minimum atomic E-state index is 0.252. The van der Waals surface area contributed by atoms with Gasteiger partial charge in [-0.15, -0.1) is 0 Å². The summed E-state index contributed by atoms with van der Waals surface area (Å²) in [6, 6.07) is 8.45. The van der Waals surface area contributed by atoms with Crippen molar-refractivity contribution in [3.05, 3.63) is 48.0 Å². The van der Waals surface area contributed by atoms with E-state index in [1.807, 2.05) is 0 Å². The Balaban J connectivity index is 1.30. The number of hydrogen-bond donors (Lipinski definition) is 0. The van der Waals surface area contributed by atoms with Gasteiger partial charge in [-0.25, -0.2) is 9.97 Å². The highest BCUT2D eigenvalue weighted by Gasteiger charge is 2.26. The molecule has 0 radical (unpaired) electrons. The number of nitrogens with zero attached hydrogens (tertiary/aromatic N) is 5. The number of ether oxygens (including phenoxy) is 1. The van der Waals surface area contributed by atoms with Crippen LogP contribution in [-0.4, -0.2) is 52.2 Å². The Bertz CT molecular complexity index is 990. The lowest BCUT2D eigenvalue weighted by molar-refractivity contribution is 0.172. The van der Waals surface area contributed by atoms with E-state index in [2.05, 4.69) is 68.9 Å². The van der Waals surface area contributed by atoms with Crippen LogP contribution in [-0.2, 0) is 20.0 Å². The SMILES string of the molecule is CN1CCc2ncnc(N3CCC(Oc4cccc5c4ccn5C)CC3)c2C1. The molecule has 2 aliphatic heterocycles. The van der Waals surface area contributed by atoms with Crippen molar-refractivity contribution in [2.75, 3.05) is 31.6 Å². The molecular formula is C22H27N5O. The standard InChI is InChI=1S/C22H27N5O/c1-25-10-9-19-18(14-25)22(24-15-23-19)27-12-6-16(7-13-27)28-21-5-3-4-20-17(21)8-11-26(20)2/h3-5,8,11,15-16H,6-7,9-10,12-14H2,1-2H3. The van der Waals surface area contributed by atoms with Gasteiger partial charge in [0, 0.05) is 69.6 Å². The van der Waals surface area contributed by atoms with Gasteiger partial charge in [0.05, 0.1) is 11.2 Å². The van der Waals surface area contributed by atoms with E-state index in [9.17, 15) is 0 Å². The smallest absolute Gasteiger partial charge is 0.136 e. The van der Waals surface area contributed by atoms with Gasteiger partial charge < -0.3 is 19.1 Å². The zero-order valence-electron chi connectivity index (χ0n) is 16.6. The fourth-order valence-electron chi connectivity index (χ4n) is 4.48. The summed E-state index contributed by atoms with van der Waals surface area (Å²) in [6.45, 7) is 3.97. The summed E-state index contributed by atoms with van der Waals surface area (Å²) in [5, 5.41) is 1.19. The van der Waals surface area contributed by atoms with Crippen LogP contribution in [0.3, 0.4) is 0 Å². The second-order valence-electron chi connectivity index (χ2n) is 8.03. The minimum absolute atomic E-state index is 0.252. The molecule has 1 aromatic carbocycles. The Morgan fingerprint density at radius 1 is 1.04 bits per heavy atom. The Morgan fingerprint density at radius 3 is 2.75 bits per heavy atom. The Morgan fingerprint density at radius 2 is 1.89 bits per heavy atom. The molecule has 0 spiro atoms. The third kappa shape index (κ3) is 3.11. The average molecular weight is 377 g/mol. The second kappa shape index (κ2) is 7.09. The van der Waals surface area contributed by atoms with Gasteiger partial charge in [0.15, 0.2) is 0 Å². The first-order chi connectivity index (χ1) is 13.7. The summed E-state index contributed by atoms with van der Waals surface area (Å²) in [5.74, 6) is 2.12. The molecule has 3 aromatic rings. The molecule has 0 amide bonds. The monoisotopic (exact) mass is 377 g/mol. The van der Waals surface area contributed by atoms with Crippen molar-refractivity contribution in [2.24, 2.45) is 7.05 Å². The van der Waals surface area contributed by atoms with E-state index in [0.29, 0.717) is 0 Å². The summed E-state index contributed by atoms with van der Waals surface area (Å²) < 4.78 is 8.55. The molecule has 28 heavy (non-hydrogen) atoms. The lowest BCUT2D eigenvalue weighted by Crippen LogP contribution is -2.40. The van der Waals surface area contributed by atoms with Crippen molar-refractivity contribution < 1.29 is 4.74 Å². The van der Waals surface area contributed by atoms with Crippen LogP contribution in [0, 0.1) is 0 Å². The third-order valence-corrected chi connectivity index (χ3v) is 6.09. The van der Waals surface area contributed by atoms with Gasteiger partial charge in [-0.2, -0.15) is 0 Å². The van der Waals surface area contributed by atoms with Crippen LogP contribution in [0.2, 0.25) is 0 Å². The Hall–Kier alpha value is -2.60. The zero-order chi connectivity index (χ0) is 19.1. The molecule has 146 valence electrons. The highest BCUT2D eigenvalue weighted by molar-refractivity contribution is 5.86. The van der Waals surface area contributed by atoms with Gasteiger partial charge in [0.1, 0.15) is 24.0 Å². The number of aryl methyl sites for hydroxylation is 1. The molecule has 6 heteroatoms. The number of hydrogen-bond acceptors (Lipinski definition) is 5. The van der Waals surface area contributed by atoms with E-state index in [1.165, 1.54) is 22.2 Å². The fraction of sp³-hybridized carbons (Fsp3) is 0.455. The van der Waals surface area contributed by atoms with E-state index in [-0.39, 0.29) is 6.10 Å². The van der Waals surface area contributed by atoms with Gasteiger partial charge in [-0.1, -0.05) is 6.07 Å². The number of aromatic nitrogens is 3. The third-order valence-electron chi connectivity index (χ3n) is 6.09. The molecule has 2 aromatic heterocycles. The van der Waals surface area contributed by atoms with Gasteiger partial charge in [-0.05, 0) is 25.2 Å². The highest BCUT2D eigenvalue weighted by Crippen LogP contribution is 2.31.